The van der Waals surface area contributed by atoms with Crippen molar-refractivity contribution in [2.45, 2.75) is 6.04 Å². The predicted molar refractivity (Wildman–Crippen MR) is 34.4 cm³/mol. The predicted octanol–water partition coefficient (Wildman–Crippen LogP) is -1.42. The fraction of sp³-hybridized carbons (Fsp3) is 0.833. The highest BCUT2D eigenvalue weighted by Crippen LogP contribution is 2.10. The van der Waals surface area contributed by atoms with Crippen LogP contribution in [0.15, 0.2) is 0 Å². The van der Waals surface area contributed by atoms with E-state index < -0.39 is 6.09 Å². The Labute approximate surface area is 60.0 Å². The molecule has 0 spiro atoms. The molecule has 1 aliphatic rings. The molecular formula is C6H11N2O2-. The lowest BCUT2D eigenvalue weighted by atomic mass is 10.1. The second kappa shape index (κ2) is 2.46. The summed E-state index contributed by atoms with van der Waals surface area (Å²) < 4.78 is 0. The molecule has 0 bridgehead atoms. The number of likely N-dealkylation sites (tertiary alicyclic amines) is 1. The zero-order chi connectivity index (χ0) is 7.72. The summed E-state index contributed by atoms with van der Waals surface area (Å²) in [6, 6.07) is 0.387. The maximum absolute atomic E-state index is 10.1. The van der Waals surface area contributed by atoms with Gasteiger partial charge in [0.25, 0.3) is 0 Å². The van der Waals surface area contributed by atoms with E-state index in [9.17, 15) is 9.90 Å². The van der Waals surface area contributed by atoms with Gasteiger partial charge in [0.1, 0.15) is 6.09 Å². The number of likely N-dealkylation sites (N-methyl/N-ethyl adjacent to an activating group) is 1. The van der Waals surface area contributed by atoms with E-state index in [-0.39, 0.29) is 0 Å². The number of carbonyl (C=O) groups excluding carboxylic acids is 1. The van der Waals surface area contributed by atoms with E-state index in [2.05, 4.69) is 0 Å². The van der Waals surface area contributed by atoms with Crippen molar-refractivity contribution in [2.24, 2.45) is 0 Å². The molecule has 1 fully saturated rings. The van der Waals surface area contributed by atoms with Crippen LogP contribution in [-0.4, -0.2) is 49.1 Å². The minimum absolute atomic E-state index is 0.387. The second-order valence-corrected chi connectivity index (χ2v) is 2.79. The van der Waals surface area contributed by atoms with Crippen LogP contribution in [0.5, 0.6) is 0 Å². The van der Waals surface area contributed by atoms with Crippen molar-refractivity contribution in [3.63, 3.8) is 0 Å². The third kappa shape index (κ3) is 1.21. The van der Waals surface area contributed by atoms with Gasteiger partial charge in [-0.2, -0.15) is 0 Å². The number of hydrogen-bond acceptors (Lipinski definition) is 3. The van der Waals surface area contributed by atoms with Gasteiger partial charge in [0.2, 0.25) is 0 Å². The van der Waals surface area contributed by atoms with Crippen molar-refractivity contribution >= 4 is 6.09 Å². The van der Waals surface area contributed by atoms with Crippen molar-refractivity contribution in [2.75, 3.05) is 27.2 Å². The molecule has 0 aromatic rings. The molecule has 0 atom stereocenters. The molecule has 58 valence electrons. The molecule has 0 radical (unpaired) electrons. The standard InChI is InChI=1S/C6H12N2O2/c1-7(2)5-3-8(4-5)6(9)10/h5H,3-4H2,1-2H3,(H,9,10)/p-1. The summed E-state index contributed by atoms with van der Waals surface area (Å²) in [6.07, 6.45) is -1.06. The van der Waals surface area contributed by atoms with Crippen LogP contribution in [0, 0.1) is 0 Å². The first-order valence-electron chi connectivity index (χ1n) is 3.23. The lowest BCUT2D eigenvalue weighted by Crippen LogP contribution is -2.62. The van der Waals surface area contributed by atoms with Gasteiger partial charge in [-0.15, -0.1) is 0 Å². The van der Waals surface area contributed by atoms with Gasteiger partial charge in [0, 0.05) is 19.1 Å². The lowest BCUT2D eigenvalue weighted by molar-refractivity contribution is -0.271. The Morgan fingerprint density at radius 3 is 2.40 bits per heavy atom. The van der Waals surface area contributed by atoms with Gasteiger partial charge in [-0.05, 0) is 14.1 Å². The highest BCUT2D eigenvalue weighted by Gasteiger charge is 2.27. The van der Waals surface area contributed by atoms with Gasteiger partial charge < -0.3 is 19.7 Å². The quantitative estimate of drug-likeness (QED) is 0.452. The van der Waals surface area contributed by atoms with Crippen LogP contribution in [0.4, 0.5) is 4.79 Å². The van der Waals surface area contributed by atoms with Crippen LogP contribution in [-0.2, 0) is 0 Å². The first-order valence-corrected chi connectivity index (χ1v) is 3.23. The van der Waals surface area contributed by atoms with Gasteiger partial charge in [-0.1, -0.05) is 0 Å². The molecule has 1 aliphatic heterocycles. The highest BCUT2D eigenvalue weighted by molar-refractivity contribution is 5.63. The van der Waals surface area contributed by atoms with Crippen LogP contribution in [0.1, 0.15) is 0 Å². The summed E-state index contributed by atoms with van der Waals surface area (Å²) in [6.45, 7) is 1.19. The number of carboxylic acid groups (broad SMARTS) is 1. The van der Waals surface area contributed by atoms with E-state index in [0.717, 1.165) is 0 Å². The van der Waals surface area contributed by atoms with Crippen molar-refractivity contribution in [1.29, 1.82) is 0 Å². The van der Waals surface area contributed by atoms with Crippen molar-refractivity contribution in [3.05, 3.63) is 0 Å². The van der Waals surface area contributed by atoms with Crippen molar-refractivity contribution in [3.8, 4) is 0 Å². The lowest BCUT2D eigenvalue weighted by Gasteiger charge is -2.44. The maximum Gasteiger partial charge on any atom is 0.137 e. The molecular weight excluding hydrogens is 132 g/mol. The number of amides is 1. The molecule has 0 saturated carbocycles. The molecule has 1 rings (SSSR count). The maximum atomic E-state index is 10.1. The normalized spacial score (nSPS) is 19.3. The van der Waals surface area contributed by atoms with Crippen LogP contribution in [0.3, 0.4) is 0 Å². The Balaban J connectivity index is 2.24. The summed E-state index contributed by atoms with van der Waals surface area (Å²) in [7, 11) is 3.88. The summed E-state index contributed by atoms with van der Waals surface area (Å²) in [5.74, 6) is 0. The minimum atomic E-state index is -1.06. The molecule has 10 heavy (non-hydrogen) atoms. The summed E-state index contributed by atoms with van der Waals surface area (Å²) in [4.78, 5) is 13.5. The first kappa shape index (κ1) is 7.34. The number of hydrogen-bond donors (Lipinski definition) is 0. The minimum Gasteiger partial charge on any atom is -0.530 e. The Hall–Kier alpha value is -0.770. The average Bonchev–Trinajstić information content (AvgIpc) is 1.56. The summed E-state index contributed by atoms with van der Waals surface area (Å²) in [5, 5.41) is 10.1. The molecule has 0 unspecified atom stereocenters. The first-order chi connectivity index (χ1) is 4.61. The number of rotatable bonds is 1. The summed E-state index contributed by atoms with van der Waals surface area (Å²) in [5.41, 5.74) is 0. The molecule has 4 heteroatoms. The van der Waals surface area contributed by atoms with E-state index in [1.54, 1.807) is 0 Å². The molecule has 4 nitrogen and oxygen atoms in total. The van der Waals surface area contributed by atoms with Gasteiger partial charge in [-0.3, -0.25) is 0 Å². The molecule has 0 N–H and O–H groups in total. The van der Waals surface area contributed by atoms with Crippen LogP contribution in [0.25, 0.3) is 0 Å². The largest absolute Gasteiger partial charge is 0.530 e. The fourth-order valence-corrected chi connectivity index (χ4v) is 0.931. The van der Waals surface area contributed by atoms with Gasteiger partial charge in [0.15, 0.2) is 0 Å². The monoisotopic (exact) mass is 143 g/mol. The molecule has 0 aromatic carbocycles. The van der Waals surface area contributed by atoms with Gasteiger partial charge in [0.05, 0.1) is 0 Å². The second-order valence-electron chi connectivity index (χ2n) is 2.79. The SMILES string of the molecule is CN(C)C1CN(C(=O)[O-])C1. The Bertz CT molecular complexity index is 141. The van der Waals surface area contributed by atoms with Crippen molar-refractivity contribution in [1.82, 2.24) is 9.80 Å². The Morgan fingerprint density at radius 1 is 1.60 bits per heavy atom. The average molecular weight is 143 g/mol. The number of carbonyl (C=O) groups is 1. The zero-order valence-electron chi connectivity index (χ0n) is 6.20. The molecule has 1 heterocycles. The fourth-order valence-electron chi connectivity index (χ4n) is 0.931. The van der Waals surface area contributed by atoms with E-state index in [4.69, 9.17) is 0 Å². The van der Waals surface area contributed by atoms with E-state index in [1.807, 2.05) is 19.0 Å². The Morgan fingerprint density at radius 2 is 2.10 bits per heavy atom. The van der Waals surface area contributed by atoms with E-state index in [0.29, 0.717) is 19.1 Å². The molecule has 1 saturated heterocycles. The van der Waals surface area contributed by atoms with E-state index in [1.165, 1.54) is 4.90 Å². The topological polar surface area (TPSA) is 46.6 Å². The highest BCUT2D eigenvalue weighted by atomic mass is 16.4. The third-order valence-corrected chi connectivity index (χ3v) is 1.85. The third-order valence-electron chi connectivity index (χ3n) is 1.85. The molecule has 1 amide bonds. The Kier molecular flexibility index (Phi) is 1.80. The molecule has 0 aromatic heterocycles. The number of nitrogens with zero attached hydrogens (tertiary/aromatic N) is 2. The summed E-state index contributed by atoms with van der Waals surface area (Å²) >= 11 is 0. The van der Waals surface area contributed by atoms with Crippen LogP contribution < -0.4 is 5.11 Å². The zero-order valence-corrected chi connectivity index (χ0v) is 6.20. The van der Waals surface area contributed by atoms with Gasteiger partial charge >= 0.3 is 0 Å². The van der Waals surface area contributed by atoms with Crippen LogP contribution >= 0.6 is 0 Å². The van der Waals surface area contributed by atoms with Gasteiger partial charge in [-0.25, -0.2) is 0 Å². The van der Waals surface area contributed by atoms with E-state index >= 15 is 0 Å². The smallest absolute Gasteiger partial charge is 0.137 e. The molecule has 0 aliphatic carbocycles. The van der Waals surface area contributed by atoms with Crippen LogP contribution in [0.2, 0.25) is 0 Å². The van der Waals surface area contributed by atoms with Crippen molar-refractivity contribution < 1.29 is 9.90 Å².